The van der Waals surface area contributed by atoms with Gasteiger partial charge in [-0.05, 0) is 51.2 Å². The van der Waals surface area contributed by atoms with Gasteiger partial charge in [-0.1, -0.05) is 0 Å². The minimum absolute atomic E-state index is 0.117. The maximum absolute atomic E-state index is 10.7. The van der Waals surface area contributed by atoms with Gasteiger partial charge in [-0.25, -0.2) is 14.5 Å². The minimum Gasteiger partial charge on any atom is -0.493 e. The lowest BCUT2D eigenvalue weighted by molar-refractivity contribution is -0.0383. The summed E-state index contributed by atoms with van der Waals surface area (Å²) in [5.41, 5.74) is 2.35. The summed E-state index contributed by atoms with van der Waals surface area (Å²) in [6, 6.07) is 6.05. The molecule has 0 saturated carbocycles. The molecule has 0 aromatic carbocycles. The van der Waals surface area contributed by atoms with E-state index in [4.69, 9.17) is 29.3 Å². The number of hydrogen-bond donors (Lipinski definition) is 2. The molecular formula is C26H34N6O5. The van der Waals surface area contributed by atoms with Gasteiger partial charge < -0.3 is 29.5 Å². The molecule has 2 atom stereocenters. The largest absolute Gasteiger partial charge is 0.493 e. The molecule has 3 aromatic heterocycles. The van der Waals surface area contributed by atoms with Gasteiger partial charge in [-0.3, -0.25) is 4.98 Å². The first kappa shape index (κ1) is 25.2. The summed E-state index contributed by atoms with van der Waals surface area (Å²) in [5, 5.41) is 16.6. The molecule has 0 bridgehead atoms. The third kappa shape index (κ3) is 5.78. The molecule has 2 aliphatic heterocycles. The Morgan fingerprint density at radius 2 is 2.16 bits per heavy atom. The first-order valence-electron chi connectivity index (χ1n) is 13.0. The van der Waals surface area contributed by atoms with Crippen molar-refractivity contribution in [3.05, 3.63) is 30.6 Å². The molecule has 0 spiro atoms. The van der Waals surface area contributed by atoms with Crippen LogP contribution in [0.4, 0.5) is 10.6 Å². The lowest BCUT2D eigenvalue weighted by Crippen LogP contribution is -2.44. The Kier molecular flexibility index (Phi) is 8.00. The van der Waals surface area contributed by atoms with Crippen molar-refractivity contribution in [2.24, 2.45) is 0 Å². The summed E-state index contributed by atoms with van der Waals surface area (Å²) in [6.45, 7) is 5.73. The van der Waals surface area contributed by atoms with Crippen LogP contribution in [-0.4, -0.2) is 76.5 Å². The third-order valence-corrected chi connectivity index (χ3v) is 6.78. The number of rotatable bonds is 9. The number of unbranched alkanes of at least 4 members (excludes halogenated alkanes) is 1. The topological polar surface area (TPSA) is 124 Å². The average Bonchev–Trinajstić information content (AvgIpc) is 3.40. The summed E-state index contributed by atoms with van der Waals surface area (Å²) in [5.74, 6) is 1.55. The van der Waals surface area contributed by atoms with E-state index in [1.165, 1.54) is 0 Å². The number of carboxylic acid groups (broad SMARTS) is 1. The van der Waals surface area contributed by atoms with E-state index < -0.39 is 6.09 Å². The van der Waals surface area contributed by atoms with E-state index in [0.29, 0.717) is 32.8 Å². The van der Waals surface area contributed by atoms with E-state index in [-0.39, 0.29) is 12.3 Å². The predicted molar refractivity (Wildman–Crippen MR) is 138 cm³/mol. The third-order valence-electron chi connectivity index (χ3n) is 6.78. The number of anilines is 1. The van der Waals surface area contributed by atoms with Gasteiger partial charge in [-0.2, -0.15) is 5.10 Å². The molecule has 1 unspecified atom stereocenters. The number of nitrogens with zero attached hydrogens (tertiary/aromatic N) is 5. The predicted octanol–water partition coefficient (Wildman–Crippen LogP) is 3.84. The highest BCUT2D eigenvalue weighted by Crippen LogP contribution is 2.36. The van der Waals surface area contributed by atoms with Crippen molar-refractivity contribution in [3.63, 3.8) is 0 Å². The van der Waals surface area contributed by atoms with Crippen LogP contribution in [0.15, 0.2) is 30.6 Å². The van der Waals surface area contributed by atoms with Gasteiger partial charge in [0.1, 0.15) is 22.8 Å². The summed E-state index contributed by atoms with van der Waals surface area (Å²) in [7, 11) is 0. The number of pyridine rings is 2. The van der Waals surface area contributed by atoms with Gasteiger partial charge in [0, 0.05) is 43.5 Å². The number of amides is 1. The zero-order chi connectivity index (χ0) is 25.6. The van der Waals surface area contributed by atoms with E-state index in [9.17, 15) is 4.79 Å². The molecule has 5 rings (SSSR count). The van der Waals surface area contributed by atoms with Crippen LogP contribution in [0.2, 0.25) is 0 Å². The van der Waals surface area contributed by atoms with Gasteiger partial charge in [0.25, 0.3) is 0 Å². The number of morpholine rings is 1. The molecule has 5 heterocycles. The molecule has 1 amide bonds. The first-order valence-corrected chi connectivity index (χ1v) is 13.0. The molecule has 11 nitrogen and oxygen atoms in total. The van der Waals surface area contributed by atoms with Crippen molar-refractivity contribution in [1.29, 1.82) is 0 Å². The second kappa shape index (κ2) is 11.7. The fraction of sp³-hybridized carbons (Fsp3) is 0.538. The van der Waals surface area contributed by atoms with Crippen molar-refractivity contribution in [3.8, 4) is 17.1 Å². The van der Waals surface area contributed by atoms with Crippen LogP contribution in [0, 0.1) is 0 Å². The SMILES string of the molecule is C[C@@H]1COCCN1c1cc(OCCCCNC(=O)O)c2ccnc(-c3ccnn3C3CCCCO3)c2n1. The molecule has 0 aliphatic carbocycles. The van der Waals surface area contributed by atoms with Gasteiger partial charge in [0.15, 0.2) is 6.23 Å². The fourth-order valence-corrected chi connectivity index (χ4v) is 4.88. The number of nitrogens with one attached hydrogen (secondary N) is 1. The van der Waals surface area contributed by atoms with E-state index in [0.717, 1.165) is 72.7 Å². The first-order chi connectivity index (χ1) is 18.1. The minimum atomic E-state index is -1.01. The molecule has 11 heteroatoms. The molecule has 3 aromatic rings. The highest BCUT2D eigenvalue weighted by Gasteiger charge is 2.25. The molecule has 2 fully saturated rings. The van der Waals surface area contributed by atoms with Crippen LogP contribution in [0.25, 0.3) is 22.3 Å². The summed E-state index contributed by atoms with van der Waals surface area (Å²) in [4.78, 5) is 22.8. The quantitative estimate of drug-likeness (QED) is 0.413. The Hall–Kier alpha value is -3.44. The molecule has 2 aliphatic rings. The van der Waals surface area contributed by atoms with Gasteiger partial charge in [-0.15, -0.1) is 0 Å². The Bertz CT molecular complexity index is 1210. The van der Waals surface area contributed by atoms with Gasteiger partial charge in [0.05, 0.1) is 31.6 Å². The Morgan fingerprint density at radius 1 is 1.24 bits per heavy atom. The maximum Gasteiger partial charge on any atom is 0.404 e. The zero-order valence-electron chi connectivity index (χ0n) is 21.1. The Balaban J connectivity index is 1.50. The van der Waals surface area contributed by atoms with E-state index in [1.54, 1.807) is 12.4 Å². The molecule has 2 saturated heterocycles. The van der Waals surface area contributed by atoms with Crippen LogP contribution in [0.3, 0.4) is 0 Å². The summed E-state index contributed by atoms with van der Waals surface area (Å²) in [6.07, 6.45) is 6.92. The molecule has 2 N–H and O–H groups in total. The smallest absolute Gasteiger partial charge is 0.404 e. The number of carbonyl (C=O) groups is 1. The van der Waals surface area contributed by atoms with Crippen LogP contribution in [0.5, 0.6) is 5.75 Å². The fourth-order valence-electron chi connectivity index (χ4n) is 4.88. The van der Waals surface area contributed by atoms with Crippen LogP contribution in [0.1, 0.15) is 45.3 Å². The number of fused-ring (bicyclic) bond motifs is 1. The van der Waals surface area contributed by atoms with E-state index >= 15 is 0 Å². The summed E-state index contributed by atoms with van der Waals surface area (Å²) < 4.78 is 19.8. The van der Waals surface area contributed by atoms with E-state index in [2.05, 4.69) is 22.2 Å². The lowest BCUT2D eigenvalue weighted by Gasteiger charge is -2.34. The second-order valence-corrected chi connectivity index (χ2v) is 9.42. The Labute approximate surface area is 215 Å². The normalized spacial score (nSPS) is 20.2. The monoisotopic (exact) mass is 510 g/mol. The maximum atomic E-state index is 10.7. The Morgan fingerprint density at radius 3 is 2.97 bits per heavy atom. The number of ether oxygens (including phenoxy) is 3. The summed E-state index contributed by atoms with van der Waals surface area (Å²) >= 11 is 0. The zero-order valence-corrected chi connectivity index (χ0v) is 21.1. The van der Waals surface area contributed by atoms with Crippen LogP contribution >= 0.6 is 0 Å². The molecule has 198 valence electrons. The molecule has 37 heavy (non-hydrogen) atoms. The molecular weight excluding hydrogens is 476 g/mol. The van der Waals surface area contributed by atoms with Gasteiger partial charge >= 0.3 is 6.09 Å². The number of aromatic nitrogens is 4. The highest BCUT2D eigenvalue weighted by molar-refractivity contribution is 5.95. The molecule has 0 radical (unpaired) electrons. The van der Waals surface area contributed by atoms with Crippen molar-refractivity contribution in [1.82, 2.24) is 25.1 Å². The van der Waals surface area contributed by atoms with Crippen LogP contribution in [-0.2, 0) is 9.47 Å². The highest BCUT2D eigenvalue weighted by atomic mass is 16.5. The van der Waals surface area contributed by atoms with Crippen molar-refractivity contribution in [2.45, 2.75) is 51.3 Å². The van der Waals surface area contributed by atoms with E-state index in [1.807, 2.05) is 22.9 Å². The van der Waals surface area contributed by atoms with Crippen molar-refractivity contribution in [2.75, 3.05) is 44.4 Å². The number of hydrogen-bond acceptors (Lipinski definition) is 8. The standard InChI is InChI=1S/C26H34N6O5/c1-18-17-35-15-12-31(18)22-16-21(36-13-5-3-9-28-26(33)34)19-7-10-27-25(24(19)30-22)20-8-11-29-32(20)23-6-2-4-14-37-23/h7-8,10-11,16,18,23,28H,2-6,9,12-15,17H2,1H3,(H,33,34)/t18-,23?/m1/s1. The van der Waals surface area contributed by atoms with Crippen molar-refractivity contribution < 1.29 is 24.1 Å². The second-order valence-electron chi connectivity index (χ2n) is 9.42. The lowest BCUT2D eigenvalue weighted by atomic mass is 10.1. The van der Waals surface area contributed by atoms with Crippen LogP contribution < -0.4 is 15.0 Å². The van der Waals surface area contributed by atoms with Crippen molar-refractivity contribution >= 4 is 22.8 Å². The average molecular weight is 511 g/mol. The van der Waals surface area contributed by atoms with Gasteiger partial charge in [0.2, 0.25) is 0 Å².